The molecule has 0 unspecified atom stereocenters. The van der Waals surface area contributed by atoms with E-state index in [1.807, 2.05) is 19.1 Å². The fourth-order valence-corrected chi connectivity index (χ4v) is 6.35. The molecule has 0 N–H and O–H groups in total. The standard InChI is InChI=1S/C33H37N3O8S/c1-5-7-25-29(32(39)43-6-2)30(24-19-23(40-3)12-13-26(24)41-4)36-31(38)27(45-33(36)34-25)18-21-8-10-22(11-9-21)44-20-28(37)35-14-16-42-17-15-35/h8-13,18-19,30H,5-7,14-17,20H2,1-4H3/b27-18-/t30-/m0/s1. The number of carbonyl (C=O) groups is 2. The quantitative estimate of drug-likeness (QED) is 0.296. The van der Waals surface area contributed by atoms with Gasteiger partial charge in [-0.3, -0.25) is 14.2 Å². The average Bonchev–Trinajstić information content (AvgIpc) is 3.37. The smallest absolute Gasteiger partial charge is 0.338 e. The van der Waals surface area contributed by atoms with E-state index in [0.29, 0.717) is 76.1 Å². The molecule has 2 aliphatic heterocycles. The summed E-state index contributed by atoms with van der Waals surface area (Å²) in [4.78, 5) is 47.0. The number of amides is 1. The summed E-state index contributed by atoms with van der Waals surface area (Å²) in [6.07, 6.45) is 3.04. The van der Waals surface area contributed by atoms with Gasteiger partial charge in [0.25, 0.3) is 11.5 Å². The number of nitrogens with zero attached hydrogens (tertiary/aromatic N) is 3. The van der Waals surface area contributed by atoms with Gasteiger partial charge in [-0.05, 0) is 55.3 Å². The zero-order chi connectivity index (χ0) is 31.9. The molecule has 5 rings (SSSR count). The molecule has 0 radical (unpaired) electrons. The van der Waals surface area contributed by atoms with Crippen molar-refractivity contribution in [3.8, 4) is 17.2 Å². The number of hydrogen-bond acceptors (Lipinski definition) is 10. The molecule has 1 aromatic heterocycles. The third-order valence-corrected chi connectivity index (χ3v) is 8.51. The number of esters is 1. The van der Waals surface area contributed by atoms with Gasteiger partial charge >= 0.3 is 5.97 Å². The summed E-state index contributed by atoms with van der Waals surface area (Å²) < 4.78 is 29.7. The first-order valence-corrected chi connectivity index (χ1v) is 15.7. The minimum atomic E-state index is -0.839. The number of thiazole rings is 1. The molecule has 1 amide bonds. The molecule has 0 spiro atoms. The van der Waals surface area contributed by atoms with Crippen molar-refractivity contribution in [2.45, 2.75) is 32.7 Å². The van der Waals surface area contributed by atoms with E-state index in [-0.39, 0.29) is 24.7 Å². The van der Waals surface area contributed by atoms with E-state index in [0.717, 1.165) is 12.0 Å². The van der Waals surface area contributed by atoms with E-state index < -0.39 is 12.0 Å². The Hall–Kier alpha value is -4.42. The maximum absolute atomic E-state index is 14.1. The van der Waals surface area contributed by atoms with Gasteiger partial charge in [-0.1, -0.05) is 36.8 Å². The van der Waals surface area contributed by atoms with Crippen molar-refractivity contribution in [1.29, 1.82) is 0 Å². The van der Waals surface area contributed by atoms with Crippen LogP contribution in [-0.2, 0) is 19.1 Å². The maximum atomic E-state index is 14.1. The zero-order valence-corrected chi connectivity index (χ0v) is 26.7. The van der Waals surface area contributed by atoms with Crippen molar-refractivity contribution in [2.75, 3.05) is 53.7 Å². The Kier molecular flexibility index (Phi) is 10.4. The monoisotopic (exact) mass is 635 g/mol. The number of aromatic nitrogens is 1. The second-order valence-electron chi connectivity index (χ2n) is 10.4. The number of morpholine rings is 1. The Morgan fingerprint density at radius 1 is 1.04 bits per heavy atom. The second kappa shape index (κ2) is 14.6. The summed E-state index contributed by atoms with van der Waals surface area (Å²) in [6, 6.07) is 11.6. The Morgan fingerprint density at radius 3 is 2.44 bits per heavy atom. The third-order valence-electron chi connectivity index (χ3n) is 7.53. The maximum Gasteiger partial charge on any atom is 0.338 e. The van der Waals surface area contributed by atoms with Crippen molar-refractivity contribution in [1.82, 2.24) is 9.47 Å². The molecule has 2 aliphatic rings. The molecule has 0 saturated carbocycles. The summed E-state index contributed by atoms with van der Waals surface area (Å²) in [6.45, 7) is 6.05. The molecule has 12 heteroatoms. The van der Waals surface area contributed by atoms with E-state index in [1.54, 1.807) is 62.5 Å². The Morgan fingerprint density at radius 2 is 1.78 bits per heavy atom. The van der Waals surface area contributed by atoms with Crippen molar-refractivity contribution in [3.05, 3.63) is 84.5 Å². The number of ether oxygens (including phenoxy) is 5. The lowest BCUT2D eigenvalue weighted by Crippen LogP contribution is -2.42. The topological polar surface area (TPSA) is 118 Å². The fourth-order valence-electron chi connectivity index (χ4n) is 5.33. The van der Waals surface area contributed by atoms with Crippen LogP contribution in [0.1, 0.15) is 43.9 Å². The first kappa shape index (κ1) is 32.0. The Labute approximate surface area is 265 Å². The van der Waals surface area contributed by atoms with Crippen LogP contribution in [0.4, 0.5) is 0 Å². The SMILES string of the molecule is CCCC1=C(C(=O)OCC)[C@H](c2cc(OC)ccc2OC)n2c(s/c(=C\c3ccc(OCC(=O)N4CCOCC4)cc3)c2=O)=N1. The molecule has 1 atom stereocenters. The van der Waals surface area contributed by atoms with Gasteiger partial charge in [0.1, 0.15) is 23.3 Å². The van der Waals surface area contributed by atoms with E-state index in [1.165, 1.54) is 15.9 Å². The number of fused-ring (bicyclic) bond motifs is 1. The van der Waals surface area contributed by atoms with Crippen molar-refractivity contribution in [2.24, 2.45) is 4.99 Å². The highest BCUT2D eigenvalue weighted by atomic mass is 32.1. The lowest BCUT2D eigenvalue weighted by molar-refractivity contribution is -0.139. The molecule has 0 aliphatic carbocycles. The van der Waals surface area contributed by atoms with Crippen LogP contribution < -0.4 is 29.1 Å². The number of carbonyl (C=O) groups excluding carboxylic acids is 2. The van der Waals surface area contributed by atoms with Crippen LogP contribution in [0.25, 0.3) is 6.08 Å². The van der Waals surface area contributed by atoms with Crippen LogP contribution >= 0.6 is 11.3 Å². The predicted octanol–water partition coefficient (Wildman–Crippen LogP) is 2.83. The summed E-state index contributed by atoms with van der Waals surface area (Å²) >= 11 is 1.25. The molecule has 3 heterocycles. The molecule has 238 valence electrons. The minimum Gasteiger partial charge on any atom is -0.497 e. The summed E-state index contributed by atoms with van der Waals surface area (Å²) in [7, 11) is 3.10. The average molecular weight is 636 g/mol. The Balaban J connectivity index is 1.53. The van der Waals surface area contributed by atoms with Crippen LogP contribution in [0.5, 0.6) is 17.2 Å². The zero-order valence-electron chi connectivity index (χ0n) is 25.9. The number of hydrogen-bond donors (Lipinski definition) is 0. The van der Waals surface area contributed by atoms with Crippen LogP contribution in [0, 0.1) is 0 Å². The lowest BCUT2D eigenvalue weighted by atomic mass is 9.93. The predicted molar refractivity (Wildman–Crippen MR) is 169 cm³/mol. The molecule has 11 nitrogen and oxygen atoms in total. The Bertz CT molecular complexity index is 1750. The fraction of sp³-hybridized carbons (Fsp3) is 0.394. The summed E-state index contributed by atoms with van der Waals surface area (Å²) in [5.41, 5.74) is 1.93. The van der Waals surface area contributed by atoms with Crippen molar-refractivity contribution < 1.29 is 33.3 Å². The lowest BCUT2D eigenvalue weighted by Gasteiger charge is -2.27. The van der Waals surface area contributed by atoms with Crippen LogP contribution in [-0.4, -0.2) is 75.1 Å². The molecule has 2 aromatic carbocycles. The van der Waals surface area contributed by atoms with E-state index >= 15 is 0 Å². The van der Waals surface area contributed by atoms with Gasteiger partial charge in [-0.15, -0.1) is 0 Å². The number of methoxy groups -OCH3 is 2. The first-order chi connectivity index (χ1) is 21.9. The molecular weight excluding hydrogens is 598 g/mol. The molecule has 1 saturated heterocycles. The van der Waals surface area contributed by atoms with Crippen LogP contribution in [0.15, 0.2) is 63.5 Å². The van der Waals surface area contributed by atoms with Gasteiger partial charge in [0.2, 0.25) is 0 Å². The third kappa shape index (κ3) is 6.97. The summed E-state index contributed by atoms with van der Waals surface area (Å²) in [5, 5.41) is 0. The van der Waals surface area contributed by atoms with E-state index in [9.17, 15) is 14.4 Å². The van der Waals surface area contributed by atoms with E-state index in [2.05, 4.69) is 0 Å². The number of rotatable bonds is 11. The number of benzene rings is 2. The normalized spacial score (nSPS) is 16.6. The van der Waals surface area contributed by atoms with Crippen molar-refractivity contribution in [3.63, 3.8) is 0 Å². The number of allylic oxidation sites excluding steroid dienone is 1. The van der Waals surface area contributed by atoms with Gasteiger partial charge in [0.15, 0.2) is 11.4 Å². The molecule has 0 bridgehead atoms. The molecule has 3 aromatic rings. The van der Waals surface area contributed by atoms with Crippen LogP contribution in [0.2, 0.25) is 0 Å². The highest BCUT2D eigenvalue weighted by Gasteiger charge is 2.36. The van der Waals surface area contributed by atoms with Gasteiger partial charge in [0.05, 0.1) is 49.8 Å². The molecular formula is C33H37N3O8S. The largest absolute Gasteiger partial charge is 0.497 e. The van der Waals surface area contributed by atoms with Crippen molar-refractivity contribution >= 4 is 29.3 Å². The second-order valence-corrected chi connectivity index (χ2v) is 11.4. The van der Waals surface area contributed by atoms with Gasteiger partial charge in [-0.25, -0.2) is 9.79 Å². The van der Waals surface area contributed by atoms with E-state index in [4.69, 9.17) is 28.7 Å². The van der Waals surface area contributed by atoms with Gasteiger partial charge in [0, 0.05) is 18.7 Å². The van der Waals surface area contributed by atoms with Crippen LogP contribution in [0.3, 0.4) is 0 Å². The highest BCUT2D eigenvalue weighted by Crippen LogP contribution is 2.38. The molecule has 45 heavy (non-hydrogen) atoms. The summed E-state index contributed by atoms with van der Waals surface area (Å²) in [5.74, 6) is 0.979. The first-order valence-electron chi connectivity index (χ1n) is 14.9. The van der Waals surface area contributed by atoms with Gasteiger partial charge < -0.3 is 28.6 Å². The molecule has 1 fully saturated rings. The minimum absolute atomic E-state index is 0.0609. The highest BCUT2D eigenvalue weighted by molar-refractivity contribution is 7.07. The van der Waals surface area contributed by atoms with Gasteiger partial charge in [-0.2, -0.15) is 0 Å².